The molecule has 0 radical (unpaired) electrons. The predicted octanol–water partition coefficient (Wildman–Crippen LogP) is 2.63. The molecule has 2 aromatic rings. The van der Waals surface area contributed by atoms with Crippen molar-refractivity contribution in [2.24, 2.45) is 0 Å². The van der Waals surface area contributed by atoms with Gasteiger partial charge in [0.25, 0.3) is 0 Å². The molecule has 2 heterocycles. The summed E-state index contributed by atoms with van der Waals surface area (Å²) in [6.45, 7) is 2.67. The van der Waals surface area contributed by atoms with Gasteiger partial charge in [0.05, 0.1) is 12.2 Å². The van der Waals surface area contributed by atoms with Crippen molar-refractivity contribution in [1.82, 2.24) is 14.5 Å². The standard InChI is InChI=1S/C18H21N3O3S/c1-15-9-10-18(20-19-15)24-17-8-5-12-21(14-17)25(22,23)13-11-16-6-3-2-4-7-16/h2-4,6-7,9-11,13,17H,5,8,12,14H2,1H3/b13-11+. The number of hydrogen-bond acceptors (Lipinski definition) is 5. The number of hydrogen-bond donors (Lipinski definition) is 0. The largest absolute Gasteiger partial charge is 0.472 e. The number of ether oxygens (including phenoxy) is 1. The van der Waals surface area contributed by atoms with Gasteiger partial charge in [-0.3, -0.25) is 0 Å². The molecule has 0 N–H and O–H groups in total. The van der Waals surface area contributed by atoms with Crippen LogP contribution in [-0.4, -0.2) is 42.1 Å². The molecule has 1 saturated heterocycles. The van der Waals surface area contributed by atoms with Crippen molar-refractivity contribution in [3.05, 3.63) is 59.1 Å². The molecular formula is C18H21N3O3S. The molecule has 1 aliphatic heterocycles. The monoisotopic (exact) mass is 359 g/mol. The number of sulfonamides is 1. The topological polar surface area (TPSA) is 72.4 Å². The lowest BCUT2D eigenvalue weighted by atomic mass is 10.1. The Morgan fingerprint density at radius 1 is 1.16 bits per heavy atom. The number of aryl methyl sites for hydroxylation is 1. The number of aromatic nitrogens is 2. The van der Waals surface area contributed by atoms with E-state index in [-0.39, 0.29) is 6.10 Å². The second-order valence-electron chi connectivity index (χ2n) is 6.01. The molecule has 0 spiro atoms. The minimum atomic E-state index is -3.48. The average molecular weight is 359 g/mol. The van der Waals surface area contributed by atoms with Gasteiger partial charge in [-0.25, -0.2) is 8.42 Å². The number of benzene rings is 1. The molecule has 25 heavy (non-hydrogen) atoms. The zero-order chi connectivity index (χ0) is 17.7. The van der Waals surface area contributed by atoms with E-state index in [1.807, 2.05) is 43.3 Å². The van der Waals surface area contributed by atoms with Crippen LogP contribution in [0.5, 0.6) is 5.88 Å². The summed E-state index contributed by atoms with van der Waals surface area (Å²) in [5.41, 5.74) is 1.66. The first-order valence-corrected chi connectivity index (χ1v) is 9.73. The first-order chi connectivity index (χ1) is 12.0. The van der Waals surface area contributed by atoms with Gasteiger partial charge in [-0.2, -0.15) is 9.40 Å². The quantitative estimate of drug-likeness (QED) is 0.821. The molecule has 1 unspecified atom stereocenters. The van der Waals surface area contributed by atoms with Crippen molar-refractivity contribution in [3.8, 4) is 5.88 Å². The summed E-state index contributed by atoms with van der Waals surface area (Å²) < 4.78 is 32.4. The van der Waals surface area contributed by atoms with Gasteiger partial charge in [-0.05, 0) is 37.5 Å². The van der Waals surface area contributed by atoms with Crippen LogP contribution in [0.1, 0.15) is 24.1 Å². The summed E-state index contributed by atoms with van der Waals surface area (Å²) in [7, 11) is -3.48. The second kappa shape index (κ2) is 7.76. The van der Waals surface area contributed by atoms with Crippen molar-refractivity contribution in [1.29, 1.82) is 0 Å². The van der Waals surface area contributed by atoms with E-state index in [4.69, 9.17) is 4.74 Å². The van der Waals surface area contributed by atoms with Crippen molar-refractivity contribution < 1.29 is 13.2 Å². The van der Waals surface area contributed by atoms with E-state index in [2.05, 4.69) is 10.2 Å². The van der Waals surface area contributed by atoms with Crippen LogP contribution in [0.25, 0.3) is 6.08 Å². The van der Waals surface area contributed by atoms with Crippen molar-refractivity contribution in [2.45, 2.75) is 25.9 Å². The van der Waals surface area contributed by atoms with Gasteiger partial charge in [0.2, 0.25) is 15.9 Å². The number of piperidine rings is 1. The third kappa shape index (κ3) is 4.87. The highest BCUT2D eigenvalue weighted by atomic mass is 32.2. The smallest absolute Gasteiger partial charge is 0.236 e. The van der Waals surface area contributed by atoms with Crippen molar-refractivity contribution in [2.75, 3.05) is 13.1 Å². The molecule has 0 aliphatic carbocycles. The van der Waals surface area contributed by atoms with Crippen molar-refractivity contribution >= 4 is 16.1 Å². The van der Waals surface area contributed by atoms with Crippen LogP contribution in [-0.2, 0) is 10.0 Å². The molecule has 1 aromatic heterocycles. The Balaban J connectivity index is 1.65. The zero-order valence-electron chi connectivity index (χ0n) is 14.1. The molecule has 7 heteroatoms. The summed E-state index contributed by atoms with van der Waals surface area (Å²) in [6.07, 6.45) is 2.95. The maximum Gasteiger partial charge on any atom is 0.236 e. The minimum absolute atomic E-state index is 0.217. The fourth-order valence-corrected chi connectivity index (χ4v) is 3.93. The molecule has 1 aliphatic rings. The molecule has 3 rings (SSSR count). The van der Waals surface area contributed by atoms with Crippen LogP contribution in [0.3, 0.4) is 0 Å². The fourth-order valence-electron chi connectivity index (χ4n) is 2.67. The van der Waals surface area contributed by atoms with Gasteiger partial charge in [0.1, 0.15) is 6.10 Å². The van der Waals surface area contributed by atoms with Crippen LogP contribution in [0.15, 0.2) is 47.9 Å². The predicted molar refractivity (Wildman–Crippen MR) is 96.4 cm³/mol. The second-order valence-corrected chi connectivity index (χ2v) is 7.83. The molecule has 1 aromatic carbocycles. The van der Waals surface area contributed by atoms with Crippen LogP contribution < -0.4 is 4.74 Å². The van der Waals surface area contributed by atoms with Crippen LogP contribution in [0, 0.1) is 6.92 Å². The van der Waals surface area contributed by atoms with Gasteiger partial charge in [-0.15, -0.1) is 5.10 Å². The van der Waals surface area contributed by atoms with Crippen LogP contribution in [0.4, 0.5) is 0 Å². The molecule has 1 atom stereocenters. The lowest BCUT2D eigenvalue weighted by Gasteiger charge is -2.30. The van der Waals surface area contributed by atoms with E-state index >= 15 is 0 Å². The Bertz CT molecular complexity index is 820. The third-order valence-corrected chi connectivity index (χ3v) is 5.53. The Kier molecular flexibility index (Phi) is 5.45. The first-order valence-electron chi connectivity index (χ1n) is 8.23. The number of nitrogens with zero attached hydrogens (tertiary/aromatic N) is 3. The molecule has 0 amide bonds. The Labute approximate surface area is 148 Å². The Morgan fingerprint density at radius 3 is 2.68 bits per heavy atom. The third-order valence-electron chi connectivity index (χ3n) is 3.99. The van der Waals surface area contributed by atoms with E-state index < -0.39 is 10.0 Å². The van der Waals surface area contributed by atoms with E-state index in [1.54, 1.807) is 12.1 Å². The lowest BCUT2D eigenvalue weighted by Crippen LogP contribution is -2.43. The summed E-state index contributed by atoms with van der Waals surface area (Å²) >= 11 is 0. The maximum atomic E-state index is 12.6. The molecule has 1 fully saturated rings. The lowest BCUT2D eigenvalue weighted by molar-refractivity contribution is 0.124. The molecule has 6 nitrogen and oxygen atoms in total. The van der Waals surface area contributed by atoms with Gasteiger partial charge < -0.3 is 4.74 Å². The van der Waals surface area contributed by atoms with Gasteiger partial charge in [0.15, 0.2) is 0 Å². The Hall–Kier alpha value is -2.25. The summed E-state index contributed by atoms with van der Waals surface area (Å²) in [5.74, 6) is 0.426. The van der Waals surface area contributed by atoms with Crippen molar-refractivity contribution in [3.63, 3.8) is 0 Å². The highest BCUT2D eigenvalue weighted by molar-refractivity contribution is 7.92. The molecule has 0 bridgehead atoms. The summed E-state index contributed by atoms with van der Waals surface area (Å²) in [4.78, 5) is 0. The number of rotatable bonds is 5. The van der Waals surface area contributed by atoms with E-state index in [9.17, 15) is 8.42 Å². The highest BCUT2D eigenvalue weighted by Gasteiger charge is 2.28. The van der Waals surface area contributed by atoms with E-state index in [0.717, 1.165) is 24.1 Å². The zero-order valence-corrected chi connectivity index (χ0v) is 14.9. The van der Waals surface area contributed by atoms with Gasteiger partial charge in [-0.1, -0.05) is 30.3 Å². The highest BCUT2D eigenvalue weighted by Crippen LogP contribution is 2.20. The van der Waals surface area contributed by atoms with E-state index in [1.165, 1.54) is 9.71 Å². The van der Waals surface area contributed by atoms with Crippen LogP contribution in [0.2, 0.25) is 0 Å². The van der Waals surface area contributed by atoms with Crippen LogP contribution >= 0.6 is 0 Å². The minimum Gasteiger partial charge on any atom is -0.472 e. The van der Waals surface area contributed by atoms with Gasteiger partial charge >= 0.3 is 0 Å². The SMILES string of the molecule is Cc1ccc(OC2CCCN(S(=O)(=O)/C=C/c3ccccc3)C2)nn1. The first kappa shape index (κ1) is 17.6. The fraction of sp³-hybridized carbons (Fsp3) is 0.333. The normalized spacial score (nSPS) is 19.2. The molecule has 132 valence electrons. The van der Waals surface area contributed by atoms with Gasteiger partial charge in [0, 0.05) is 18.0 Å². The molecule has 0 saturated carbocycles. The summed E-state index contributed by atoms with van der Waals surface area (Å²) in [6, 6.07) is 13.0. The molecular weight excluding hydrogens is 338 g/mol. The van der Waals surface area contributed by atoms with E-state index in [0.29, 0.717) is 19.0 Å². The Morgan fingerprint density at radius 2 is 1.96 bits per heavy atom. The summed E-state index contributed by atoms with van der Waals surface area (Å²) in [5, 5.41) is 9.20. The maximum absolute atomic E-state index is 12.6. The average Bonchev–Trinajstić information content (AvgIpc) is 2.63.